The molecule has 1 rings (SSSR count). The van der Waals surface area contributed by atoms with Crippen molar-refractivity contribution in [2.45, 2.75) is 20.0 Å². The molecule has 1 aromatic carbocycles. The molecule has 18 heavy (non-hydrogen) atoms. The van der Waals surface area contributed by atoms with Crippen LogP contribution in [-0.4, -0.2) is 25.6 Å². The molecule has 1 amide bonds. The van der Waals surface area contributed by atoms with Gasteiger partial charge in [-0.2, -0.15) is 8.78 Å². The van der Waals surface area contributed by atoms with E-state index in [1.807, 2.05) is 6.92 Å². The van der Waals surface area contributed by atoms with Crippen molar-refractivity contribution < 1.29 is 18.3 Å². The average Bonchev–Trinajstić information content (AvgIpc) is 2.31. The van der Waals surface area contributed by atoms with Crippen molar-refractivity contribution in [3.05, 3.63) is 24.3 Å². The van der Waals surface area contributed by atoms with Gasteiger partial charge in [-0.15, -0.1) is 0 Å². The Hall–Kier alpha value is -1.85. The number of anilines is 1. The summed E-state index contributed by atoms with van der Waals surface area (Å²) in [5, 5.41) is 5.69. The third kappa shape index (κ3) is 5.47. The summed E-state index contributed by atoms with van der Waals surface area (Å²) in [6, 6.07) is 6.13. The van der Waals surface area contributed by atoms with Crippen LogP contribution in [0.25, 0.3) is 0 Å². The summed E-state index contributed by atoms with van der Waals surface area (Å²) < 4.78 is 28.0. The topological polar surface area (TPSA) is 50.4 Å². The molecule has 0 unspecified atom stereocenters. The molecule has 0 bridgehead atoms. The van der Waals surface area contributed by atoms with Crippen molar-refractivity contribution in [1.82, 2.24) is 5.32 Å². The molecule has 1 aromatic rings. The summed E-state index contributed by atoms with van der Waals surface area (Å²) >= 11 is 0. The van der Waals surface area contributed by atoms with Crippen molar-refractivity contribution in [3.63, 3.8) is 0 Å². The van der Waals surface area contributed by atoms with Crippen LogP contribution < -0.4 is 15.4 Å². The van der Waals surface area contributed by atoms with Crippen molar-refractivity contribution in [3.8, 4) is 5.75 Å². The zero-order chi connectivity index (χ0) is 13.4. The van der Waals surface area contributed by atoms with Crippen molar-refractivity contribution >= 4 is 11.6 Å². The zero-order valence-corrected chi connectivity index (χ0v) is 10.1. The quantitative estimate of drug-likeness (QED) is 0.788. The molecular formula is C12H16F2N2O2. The first-order valence-corrected chi connectivity index (χ1v) is 5.67. The molecular weight excluding hydrogens is 242 g/mol. The number of rotatable bonds is 7. The maximum atomic E-state index is 11.9. The first-order chi connectivity index (χ1) is 8.61. The lowest BCUT2D eigenvalue weighted by molar-refractivity contribution is -0.120. The van der Waals surface area contributed by atoms with Gasteiger partial charge in [-0.1, -0.05) is 0 Å². The van der Waals surface area contributed by atoms with Gasteiger partial charge in [-0.25, -0.2) is 0 Å². The molecule has 0 atom stereocenters. The van der Waals surface area contributed by atoms with Gasteiger partial charge in [-0.3, -0.25) is 4.79 Å². The van der Waals surface area contributed by atoms with Crippen molar-refractivity contribution in [2.24, 2.45) is 0 Å². The summed E-state index contributed by atoms with van der Waals surface area (Å²) in [7, 11) is 0. The first-order valence-electron chi connectivity index (χ1n) is 5.67. The molecule has 0 saturated heterocycles. The molecule has 6 heteroatoms. The Bertz CT molecular complexity index is 369. The van der Waals surface area contributed by atoms with Crippen molar-refractivity contribution in [2.75, 3.05) is 18.4 Å². The smallest absolute Gasteiger partial charge is 0.387 e. The van der Waals surface area contributed by atoms with Crippen molar-refractivity contribution in [1.29, 1.82) is 0 Å². The highest BCUT2D eigenvalue weighted by atomic mass is 19.3. The molecule has 0 heterocycles. The van der Waals surface area contributed by atoms with E-state index in [-0.39, 0.29) is 11.7 Å². The Kier molecular flexibility index (Phi) is 5.90. The molecule has 0 radical (unpaired) electrons. The van der Waals surface area contributed by atoms with Gasteiger partial charge < -0.3 is 15.4 Å². The Morgan fingerprint density at radius 1 is 1.33 bits per heavy atom. The van der Waals surface area contributed by atoms with Gasteiger partial charge in [-0.05, 0) is 31.2 Å². The van der Waals surface area contributed by atoms with E-state index in [1.165, 1.54) is 12.1 Å². The third-order valence-corrected chi connectivity index (χ3v) is 2.13. The molecule has 0 fully saturated rings. The molecule has 0 aromatic heterocycles. The van der Waals surface area contributed by atoms with Crippen LogP contribution in [-0.2, 0) is 4.79 Å². The van der Waals surface area contributed by atoms with E-state index in [0.717, 1.165) is 5.69 Å². The molecule has 2 N–H and O–H groups in total. The zero-order valence-electron chi connectivity index (χ0n) is 10.1. The highest BCUT2D eigenvalue weighted by molar-refractivity contribution is 5.76. The standard InChI is InChI=1S/C12H16F2N2O2/c1-2-15-11(17)7-8-16-9-3-5-10(6-4-9)18-12(13)14/h3-6,12,16H,2,7-8H2,1H3,(H,15,17). The predicted molar refractivity (Wildman–Crippen MR) is 64.9 cm³/mol. The van der Waals surface area contributed by atoms with Gasteiger partial charge in [0.1, 0.15) is 5.75 Å². The van der Waals surface area contributed by atoms with Gasteiger partial charge >= 0.3 is 6.61 Å². The molecule has 0 aliphatic rings. The number of carbonyl (C=O) groups excluding carboxylic acids is 1. The number of alkyl halides is 2. The lowest BCUT2D eigenvalue weighted by Crippen LogP contribution is -2.24. The van der Waals surface area contributed by atoms with Crippen LogP contribution in [0.4, 0.5) is 14.5 Å². The van der Waals surface area contributed by atoms with Crippen LogP contribution in [0, 0.1) is 0 Å². The monoisotopic (exact) mass is 258 g/mol. The molecule has 100 valence electrons. The highest BCUT2D eigenvalue weighted by Crippen LogP contribution is 2.17. The number of ether oxygens (including phenoxy) is 1. The number of halogens is 2. The normalized spacial score (nSPS) is 10.2. The Morgan fingerprint density at radius 3 is 2.56 bits per heavy atom. The Labute approximate surface area is 104 Å². The second kappa shape index (κ2) is 7.47. The van der Waals surface area contributed by atoms with E-state index in [9.17, 15) is 13.6 Å². The summed E-state index contributed by atoms with van der Waals surface area (Å²) in [5.74, 6) is 0.0851. The fraction of sp³-hybridized carbons (Fsp3) is 0.417. The predicted octanol–water partition coefficient (Wildman–Crippen LogP) is 2.23. The summed E-state index contributed by atoms with van der Waals surface area (Å²) in [4.78, 5) is 11.2. The van der Waals surface area contributed by atoms with Crippen LogP contribution in [0.15, 0.2) is 24.3 Å². The molecule has 4 nitrogen and oxygen atoms in total. The Morgan fingerprint density at radius 2 is 2.00 bits per heavy atom. The number of nitrogens with one attached hydrogen (secondary N) is 2. The van der Waals surface area contributed by atoms with E-state index < -0.39 is 6.61 Å². The molecule has 0 saturated carbocycles. The summed E-state index contributed by atoms with van der Waals surface area (Å²) in [6.45, 7) is 0.133. The number of benzene rings is 1. The summed E-state index contributed by atoms with van der Waals surface area (Å²) in [6.07, 6.45) is 0.364. The SMILES string of the molecule is CCNC(=O)CCNc1ccc(OC(F)F)cc1. The number of hydrogen-bond donors (Lipinski definition) is 2. The maximum absolute atomic E-state index is 11.9. The molecule has 0 spiro atoms. The maximum Gasteiger partial charge on any atom is 0.387 e. The molecule has 0 aliphatic heterocycles. The Balaban J connectivity index is 2.33. The van der Waals surface area contributed by atoms with Crippen LogP contribution in [0.2, 0.25) is 0 Å². The van der Waals surface area contributed by atoms with Gasteiger partial charge in [0, 0.05) is 25.2 Å². The van der Waals surface area contributed by atoms with Gasteiger partial charge in [0.15, 0.2) is 0 Å². The fourth-order valence-electron chi connectivity index (χ4n) is 1.36. The van der Waals surface area contributed by atoms with E-state index in [0.29, 0.717) is 19.5 Å². The minimum absolute atomic E-state index is 0.0253. The first kappa shape index (κ1) is 14.2. The van der Waals surface area contributed by atoms with E-state index in [1.54, 1.807) is 12.1 Å². The van der Waals surface area contributed by atoms with E-state index in [2.05, 4.69) is 15.4 Å². The third-order valence-electron chi connectivity index (χ3n) is 2.13. The lowest BCUT2D eigenvalue weighted by atomic mass is 10.3. The highest BCUT2D eigenvalue weighted by Gasteiger charge is 2.03. The number of carbonyl (C=O) groups is 1. The fourth-order valence-corrected chi connectivity index (χ4v) is 1.36. The van der Waals surface area contributed by atoms with Gasteiger partial charge in [0.05, 0.1) is 0 Å². The molecule has 0 aliphatic carbocycles. The number of amides is 1. The minimum atomic E-state index is -2.82. The van der Waals surface area contributed by atoms with Crippen LogP contribution in [0.5, 0.6) is 5.75 Å². The van der Waals surface area contributed by atoms with Crippen LogP contribution in [0.3, 0.4) is 0 Å². The summed E-state index contributed by atoms with van der Waals surface area (Å²) in [5.41, 5.74) is 0.751. The average molecular weight is 258 g/mol. The van der Waals surface area contributed by atoms with E-state index >= 15 is 0 Å². The lowest BCUT2D eigenvalue weighted by Gasteiger charge is -2.08. The van der Waals surface area contributed by atoms with Gasteiger partial charge in [0.25, 0.3) is 0 Å². The van der Waals surface area contributed by atoms with Gasteiger partial charge in [0.2, 0.25) is 5.91 Å². The second-order valence-corrected chi connectivity index (χ2v) is 3.53. The number of hydrogen-bond acceptors (Lipinski definition) is 3. The second-order valence-electron chi connectivity index (χ2n) is 3.53. The van der Waals surface area contributed by atoms with E-state index in [4.69, 9.17) is 0 Å². The largest absolute Gasteiger partial charge is 0.435 e. The minimum Gasteiger partial charge on any atom is -0.435 e. The van der Waals surface area contributed by atoms with Crippen LogP contribution >= 0.6 is 0 Å². The van der Waals surface area contributed by atoms with Crippen LogP contribution in [0.1, 0.15) is 13.3 Å².